The zero-order valence-electron chi connectivity index (χ0n) is 36.0. The van der Waals surface area contributed by atoms with Gasteiger partial charge in [0.2, 0.25) is 11.8 Å². The van der Waals surface area contributed by atoms with Crippen molar-refractivity contribution in [2.75, 3.05) is 50.9 Å². The van der Waals surface area contributed by atoms with Gasteiger partial charge in [0.15, 0.2) is 11.4 Å². The number of benzene rings is 1. The molecule has 0 spiro atoms. The highest BCUT2D eigenvalue weighted by molar-refractivity contribution is 6.03. The number of amides is 3. The number of imidazole rings is 1. The molecule has 6 heterocycles. The summed E-state index contributed by atoms with van der Waals surface area (Å²) in [6.07, 6.45) is 9.95. The molecule has 2 aliphatic carbocycles. The number of likely N-dealkylation sites (tertiary alicyclic amines) is 2. The number of pyridine rings is 1. The molecular formula is C45H55F2N11O5. The lowest BCUT2D eigenvalue weighted by Crippen LogP contribution is -2.45. The van der Waals surface area contributed by atoms with Gasteiger partial charge < -0.3 is 20.0 Å². The molecule has 2 saturated heterocycles. The number of piperidine rings is 2. The van der Waals surface area contributed by atoms with Gasteiger partial charge in [0.25, 0.3) is 18.2 Å². The molecule has 9 rings (SSSR count). The van der Waals surface area contributed by atoms with E-state index in [0.29, 0.717) is 47.7 Å². The van der Waals surface area contributed by atoms with Crippen LogP contribution in [0.1, 0.15) is 104 Å². The molecule has 4 aromatic heterocycles. The zero-order chi connectivity index (χ0) is 43.9. The molecule has 0 bridgehead atoms. The maximum atomic E-state index is 14.2. The summed E-state index contributed by atoms with van der Waals surface area (Å²) in [6, 6.07) is 9.08. The van der Waals surface area contributed by atoms with E-state index in [1.54, 1.807) is 39.2 Å². The van der Waals surface area contributed by atoms with Crippen molar-refractivity contribution in [3.8, 4) is 11.5 Å². The third-order valence-electron chi connectivity index (χ3n) is 13.7. The molecule has 4 fully saturated rings. The topological polar surface area (TPSA) is 169 Å². The zero-order valence-corrected chi connectivity index (χ0v) is 36.0. The summed E-state index contributed by atoms with van der Waals surface area (Å²) >= 11 is 0. The fourth-order valence-electron chi connectivity index (χ4n) is 9.77. The van der Waals surface area contributed by atoms with Crippen molar-refractivity contribution in [1.29, 1.82) is 0 Å². The molecule has 0 radical (unpaired) electrons. The molecule has 16 nitrogen and oxygen atoms in total. The lowest BCUT2D eigenvalue weighted by molar-refractivity contribution is -0.149. The van der Waals surface area contributed by atoms with Crippen LogP contribution in [0.25, 0.3) is 22.5 Å². The normalized spacial score (nSPS) is 21.6. The van der Waals surface area contributed by atoms with Crippen LogP contribution >= 0.6 is 0 Å². The lowest BCUT2D eigenvalue weighted by Gasteiger charge is -2.39. The Kier molecular flexibility index (Phi) is 12.0. The van der Waals surface area contributed by atoms with Crippen molar-refractivity contribution in [3.05, 3.63) is 76.4 Å². The first-order valence-electron chi connectivity index (χ1n) is 22.2. The Balaban J connectivity index is 0.761. The number of rotatable bonds is 14. The van der Waals surface area contributed by atoms with Gasteiger partial charge in [0, 0.05) is 64.1 Å². The molecule has 18 heteroatoms. The van der Waals surface area contributed by atoms with E-state index in [1.165, 1.54) is 32.3 Å². The number of carbonyl (C=O) groups is 3. The van der Waals surface area contributed by atoms with Crippen molar-refractivity contribution >= 4 is 40.3 Å². The average Bonchev–Trinajstić information content (AvgIpc) is 3.69. The quantitative estimate of drug-likeness (QED) is 0.121. The molecule has 334 valence electrons. The number of imide groups is 1. The SMILES string of the molecule is CN1C(=O)CCC(n2c(=O)n(C)c3c(CN4CCC(N(C)CC5CCC(n6cc(NC(=O)c7coc(-c8ccnc(NCC9CC9)c8)n7)c(C(F)F)n6)CC5)CC4)cccc32)C1=O. The molecule has 1 aromatic carbocycles. The van der Waals surface area contributed by atoms with Crippen LogP contribution in [0, 0.1) is 11.8 Å². The van der Waals surface area contributed by atoms with E-state index < -0.39 is 24.1 Å². The summed E-state index contributed by atoms with van der Waals surface area (Å²) in [4.78, 5) is 66.6. The molecule has 3 amide bonds. The number of nitrogens with zero attached hydrogens (tertiary/aromatic N) is 9. The number of carbonyl (C=O) groups excluding carboxylic acids is 3. The molecule has 4 aliphatic rings. The largest absolute Gasteiger partial charge is 0.444 e. The standard InChI is InChI=1S/C45H55F2N11O5/c1-53(31-16-19-56(20-17-31)24-30-5-4-6-35-40(30)55(3)45(62)58(35)36-13-14-38(59)54(2)44(36)61)23-28-9-11-32(12-10-28)57-25-33(39(52-57)41(46)47)50-42(60)34-26-63-43(51-34)29-15-18-48-37(21-29)49-22-27-7-8-27/h4-6,15,18,21,25-28,31-32,36,41H,7-14,16-17,19-20,22-24H2,1-3H3,(H,48,49)(H,50,60). The molecule has 5 aromatic rings. The Bertz CT molecular complexity index is 2540. The van der Waals surface area contributed by atoms with Gasteiger partial charge in [-0.05, 0) is 114 Å². The van der Waals surface area contributed by atoms with E-state index >= 15 is 0 Å². The summed E-state index contributed by atoms with van der Waals surface area (Å²) in [5.74, 6) is 0.818. The predicted octanol–water partition coefficient (Wildman–Crippen LogP) is 6.25. The van der Waals surface area contributed by atoms with Crippen molar-refractivity contribution in [1.82, 2.24) is 43.6 Å². The van der Waals surface area contributed by atoms with Crippen molar-refractivity contribution in [2.45, 2.75) is 95.3 Å². The van der Waals surface area contributed by atoms with Gasteiger partial charge in [-0.1, -0.05) is 12.1 Å². The average molecular weight is 868 g/mol. The summed E-state index contributed by atoms with van der Waals surface area (Å²) in [6.45, 7) is 4.30. The lowest BCUT2D eigenvalue weighted by atomic mass is 9.85. The molecule has 1 atom stereocenters. The number of oxazole rings is 1. The third-order valence-corrected chi connectivity index (χ3v) is 13.7. The van der Waals surface area contributed by atoms with Gasteiger partial charge >= 0.3 is 5.69 Å². The minimum Gasteiger partial charge on any atom is -0.444 e. The Hall–Kier alpha value is -5.75. The van der Waals surface area contributed by atoms with Crippen LogP contribution in [0.15, 0.2) is 58.2 Å². The van der Waals surface area contributed by atoms with Crippen LogP contribution in [-0.2, 0) is 23.2 Å². The van der Waals surface area contributed by atoms with E-state index in [0.717, 1.165) is 80.7 Å². The van der Waals surface area contributed by atoms with E-state index in [2.05, 4.69) is 48.6 Å². The van der Waals surface area contributed by atoms with Crippen LogP contribution < -0.4 is 16.3 Å². The number of aromatic nitrogens is 6. The third kappa shape index (κ3) is 8.92. The number of halogens is 2. The Morgan fingerprint density at radius 3 is 2.49 bits per heavy atom. The number of nitrogens with one attached hydrogen (secondary N) is 2. The van der Waals surface area contributed by atoms with Crippen LogP contribution in [0.4, 0.5) is 20.3 Å². The molecule has 2 aliphatic heterocycles. The number of anilines is 2. The van der Waals surface area contributed by atoms with Gasteiger partial charge in [0.1, 0.15) is 18.1 Å². The highest BCUT2D eigenvalue weighted by atomic mass is 19.3. The molecule has 1 unspecified atom stereocenters. The van der Waals surface area contributed by atoms with E-state index in [-0.39, 0.29) is 47.2 Å². The first kappa shape index (κ1) is 42.5. The van der Waals surface area contributed by atoms with Crippen molar-refractivity contribution in [2.24, 2.45) is 18.9 Å². The molecular weight excluding hydrogens is 813 g/mol. The fourth-order valence-corrected chi connectivity index (χ4v) is 9.77. The Labute approximate surface area is 363 Å². The van der Waals surface area contributed by atoms with Crippen LogP contribution in [-0.4, -0.2) is 108 Å². The van der Waals surface area contributed by atoms with E-state index in [1.807, 2.05) is 12.1 Å². The van der Waals surface area contributed by atoms with Crippen LogP contribution in [0.3, 0.4) is 0 Å². The number of likely N-dealkylation sites (N-methyl/N-ethyl adjacent to an activating group) is 1. The minimum atomic E-state index is -2.87. The van der Waals surface area contributed by atoms with E-state index in [4.69, 9.17) is 4.42 Å². The number of aryl methyl sites for hydroxylation is 1. The summed E-state index contributed by atoms with van der Waals surface area (Å²) in [5.41, 5.74) is 2.42. The van der Waals surface area contributed by atoms with E-state index in [9.17, 15) is 28.0 Å². The summed E-state index contributed by atoms with van der Waals surface area (Å²) < 4.78 is 38.9. The first-order chi connectivity index (χ1) is 30.4. The first-order valence-corrected chi connectivity index (χ1v) is 22.2. The smallest absolute Gasteiger partial charge is 0.329 e. The monoisotopic (exact) mass is 867 g/mol. The second-order valence-corrected chi connectivity index (χ2v) is 17.9. The second-order valence-electron chi connectivity index (χ2n) is 17.9. The van der Waals surface area contributed by atoms with Gasteiger partial charge in [-0.2, -0.15) is 5.10 Å². The Morgan fingerprint density at radius 2 is 1.75 bits per heavy atom. The molecule has 2 saturated carbocycles. The highest BCUT2D eigenvalue weighted by Crippen LogP contribution is 2.36. The molecule has 2 N–H and O–H groups in total. The van der Waals surface area contributed by atoms with Gasteiger partial charge in [0.05, 0.1) is 22.8 Å². The van der Waals surface area contributed by atoms with Gasteiger partial charge in [-0.25, -0.2) is 23.5 Å². The molecule has 63 heavy (non-hydrogen) atoms. The number of hydrogen-bond donors (Lipinski definition) is 2. The van der Waals surface area contributed by atoms with Gasteiger partial charge in [-0.15, -0.1) is 0 Å². The van der Waals surface area contributed by atoms with Crippen molar-refractivity contribution < 1.29 is 27.6 Å². The number of fused-ring (bicyclic) bond motifs is 1. The summed E-state index contributed by atoms with van der Waals surface area (Å²) in [7, 11) is 5.42. The predicted molar refractivity (Wildman–Crippen MR) is 231 cm³/mol. The van der Waals surface area contributed by atoms with Crippen molar-refractivity contribution in [3.63, 3.8) is 0 Å². The van der Waals surface area contributed by atoms with Gasteiger partial charge in [-0.3, -0.25) is 38.0 Å². The number of hydrogen-bond acceptors (Lipinski definition) is 11. The number of alkyl halides is 2. The Morgan fingerprint density at radius 1 is 0.984 bits per heavy atom. The highest BCUT2D eigenvalue weighted by Gasteiger charge is 2.36. The maximum absolute atomic E-state index is 14.2. The van der Waals surface area contributed by atoms with Crippen LogP contribution in [0.5, 0.6) is 0 Å². The maximum Gasteiger partial charge on any atom is 0.329 e. The number of para-hydroxylation sites is 1. The van der Waals surface area contributed by atoms with Crippen LogP contribution in [0.2, 0.25) is 0 Å². The fraction of sp³-hybridized carbons (Fsp3) is 0.533. The second kappa shape index (κ2) is 17.8. The minimum absolute atomic E-state index is 0.0297. The summed E-state index contributed by atoms with van der Waals surface area (Å²) in [5, 5.41) is 10.2.